The van der Waals surface area contributed by atoms with Gasteiger partial charge in [-0.25, -0.2) is 4.98 Å². The normalized spacial score (nSPS) is 12.2. The van der Waals surface area contributed by atoms with E-state index in [0.29, 0.717) is 9.11 Å². The predicted molar refractivity (Wildman–Crippen MR) is 114 cm³/mol. The summed E-state index contributed by atoms with van der Waals surface area (Å²) < 4.78 is 61.3. The highest BCUT2D eigenvalue weighted by Crippen LogP contribution is 2.38. The third-order valence-corrected chi connectivity index (χ3v) is 6.96. The van der Waals surface area contributed by atoms with E-state index in [1.54, 1.807) is 0 Å². The van der Waals surface area contributed by atoms with Crippen molar-refractivity contribution in [3.8, 4) is 17.2 Å². The summed E-state index contributed by atoms with van der Waals surface area (Å²) in [5.41, 5.74) is 0. The summed E-state index contributed by atoms with van der Waals surface area (Å²) in [5, 5.41) is 3.38. The summed E-state index contributed by atoms with van der Waals surface area (Å²) in [6, 6.07) is 8.34. The second-order valence-electron chi connectivity index (χ2n) is 6.00. The van der Waals surface area contributed by atoms with Crippen molar-refractivity contribution >= 4 is 55.1 Å². The van der Waals surface area contributed by atoms with Crippen LogP contribution < -0.4 is 8.92 Å². The molecule has 0 atom stereocenters. The van der Waals surface area contributed by atoms with E-state index in [9.17, 15) is 16.8 Å². The summed E-state index contributed by atoms with van der Waals surface area (Å²) in [7, 11) is -6.19. The largest absolute Gasteiger partial charge is 0.452 e. The molecule has 0 saturated carbocycles. The highest BCUT2D eigenvalue weighted by Gasteiger charge is 2.28. The average molecular weight is 528 g/mol. The van der Waals surface area contributed by atoms with Gasteiger partial charge in [-0.05, 0) is 30.3 Å². The van der Waals surface area contributed by atoms with Crippen LogP contribution in [0.3, 0.4) is 0 Å². The first-order chi connectivity index (χ1) is 14.4. The minimum Gasteiger partial charge on any atom is -0.452 e. The Balaban J connectivity index is 1.95. The Morgan fingerprint density at radius 2 is 1.52 bits per heavy atom. The Hall–Kier alpha value is -2.09. The topological polar surface area (TPSA) is 121 Å². The van der Waals surface area contributed by atoms with Crippen molar-refractivity contribution in [2.75, 3.05) is 14.1 Å². The number of aromatic nitrogens is 3. The zero-order valence-corrected chi connectivity index (χ0v) is 19.6. The monoisotopic (exact) mass is 526 g/mol. The molecule has 0 N–H and O–H groups in total. The lowest BCUT2D eigenvalue weighted by Gasteiger charge is -2.13. The first kappa shape index (κ1) is 23.6. The molecule has 1 aromatic heterocycles. The van der Waals surface area contributed by atoms with Crippen LogP contribution in [0.15, 0.2) is 47.9 Å². The highest BCUT2D eigenvalue weighted by molar-refractivity contribution is 7.87. The quantitative estimate of drug-likeness (QED) is 0.428. The van der Waals surface area contributed by atoms with Gasteiger partial charge in [0.05, 0.1) is 5.02 Å². The third-order valence-electron chi connectivity index (χ3n) is 3.59. The lowest BCUT2D eigenvalue weighted by molar-refractivity contribution is 0.432. The lowest BCUT2D eigenvalue weighted by Crippen LogP contribution is -2.29. The van der Waals surface area contributed by atoms with E-state index in [4.69, 9.17) is 43.7 Å². The van der Waals surface area contributed by atoms with E-state index >= 15 is 0 Å². The second-order valence-corrected chi connectivity index (χ2v) is 10.7. The van der Waals surface area contributed by atoms with E-state index in [0.717, 1.165) is 10.6 Å². The van der Waals surface area contributed by atoms with Crippen molar-refractivity contribution in [3.05, 3.63) is 57.8 Å². The molecule has 0 spiro atoms. The molecule has 0 unspecified atom stereocenters. The number of halogens is 3. The molecule has 0 bridgehead atoms. The molecule has 3 aromatic rings. The SMILES string of the molecule is CN(C)S(=O)(=O)n1cnc(S(=O)(=O)Oc2ccc(Cl)cc2Oc2ccc(Cl)cc2Cl)n1. The zero-order chi connectivity index (χ0) is 23.0. The molecule has 0 saturated heterocycles. The molecule has 0 amide bonds. The van der Waals surface area contributed by atoms with E-state index in [2.05, 4.69) is 10.1 Å². The van der Waals surface area contributed by atoms with Crippen molar-refractivity contribution in [2.24, 2.45) is 0 Å². The van der Waals surface area contributed by atoms with Crippen LogP contribution in [0.2, 0.25) is 15.1 Å². The van der Waals surface area contributed by atoms with Gasteiger partial charge in [0.25, 0.3) is 0 Å². The molecule has 0 fully saturated rings. The standard InChI is InChI=1S/C16H13Cl3N4O6S2/c1-22(2)31(26,27)23-9-20-16(21-23)30(24,25)29-14-6-4-11(18)8-15(14)28-13-5-3-10(17)7-12(13)19/h3-9H,1-2H3. The van der Waals surface area contributed by atoms with Gasteiger partial charge in [0, 0.05) is 30.2 Å². The van der Waals surface area contributed by atoms with Crippen LogP contribution in [0, 0.1) is 0 Å². The van der Waals surface area contributed by atoms with Crippen LogP contribution in [0.1, 0.15) is 0 Å². The fourth-order valence-corrected chi connectivity index (χ4v) is 4.25. The minimum atomic E-state index is -4.63. The van der Waals surface area contributed by atoms with Crippen molar-refractivity contribution in [3.63, 3.8) is 0 Å². The Morgan fingerprint density at radius 3 is 2.13 bits per heavy atom. The maximum atomic E-state index is 12.6. The number of nitrogens with zero attached hydrogens (tertiary/aromatic N) is 4. The summed E-state index contributed by atoms with van der Waals surface area (Å²) in [5.74, 6) is -0.182. The maximum Gasteiger partial charge on any atom is 0.377 e. The van der Waals surface area contributed by atoms with Gasteiger partial charge in [-0.2, -0.15) is 21.1 Å². The number of hydrogen-bond donors (Lipinski definition) is 0. The van der Waals surface area contributed by atoms with Crippen LogP contribution in [0.5, 0.6) is 17.2 Å². The first-order valence-corrected chi connectivity index (χ1v) is 12.1. The van der Waals surface area contributed by atoms with Gasteiger partial charge < -0.3 is 8.92 Å². The molecule has 0 radical (unpaired) electrons. The Labute approximate surface area is 193 Å². The highest BCUT2D eigenvalue weighted by atomic mass is 35.5. The van der Waals surface area contributed by atoms with E-state index in [-0.39, 0.29) is 27.3 Å². The van der Waals surface area contributed by atoms with Crippen LogP contribution in [-0.2, 0) is 20.3 Å². The van der Waals surface area contributed by atoms with Crippen molar-refractivity contribution in [1.82, 2.24) is 18.5 Å². The van der Waals surface area contributed by atoms with Gasteiger partial charge in [0.15, 0.2) is 11.5 Å². The predicted octanol–water partition coefficient (Wildman–Crippen LogP) is 3.45. The maximum absolute atomic E-state index is 12.6. The first-order valence-electron chi connectivity index (χ1n) is 8.12. The zero-order valence-electron chi connectivity index (χ0n) is 15.7. The molecule has 0 aliphatic carbocycles. The molecular formula is C16H13Cl3N4O6S2. The molecule has 10 nitrogen and oxygen atoms in total. The molecule has 166 valence electrons. The van der Waals surface area contributed by atoms with Gasteiger partial charge in [-0.3, -0.25) is 0 Å². The average Bonchev–Trinajstić information content (AvgIpc) is 3.18. The Morgan fingerprint density at radius 1 is 0.903 bits per heavy atom. The van der Waals surface area contributed by atoms with Crippen LogP contribution in [0.4, 0.5) is 0 Å². The summed E-state index contributed by atoms with van der Waals surface area (Å²) >= 11 is 17.9. The lowest BCUT2D eigenvalue weighted by atomic mass is 10.3. The van der Waals surface area contributed by atoms with Gasteiger partial charge in [-0.15, -0.1) is 9.19 Å². The summed E-state index contributed by atoms with van der Waals surface area (Å²) in [6.45, 7) is 0. The van der Waals surface area contributed by atoms with E-state index in [1.807, 2.05) is 0 Å². The molecule has 31 heavy (non-hydrogen) atoms. The number of benzene rings is 2. The molecule has 1 heterocycles. The second kappa shape index (κ2) is 8.81. The van der Waals surface area contributed by atoms with Crippen molar-refractivity contribution in [1.29, 1.82) is 0 Å². The van der Waals surface area contributed by atoms with Crippen molar-refractivity contribution < 1.29 is 25.8 Å². The van der Waals surface area contributed by atoms with Crippen LogP contribution >= 0.6 is 34.8 Å². The molecule has 0 aliphatic heterocycles. The molecular weight excluding hydrogens is 515 g/mol. The third kappa shape index (κ3) is 5.22. The smallest absolute Gasteiger partial charge is 0.377 e. The van der Waals surface area contributed by atoms with Gasteiger partial charge in [-0.1, -0.05) is 34.8 Å². The van der Waals surface area contributed by atoms with Crippen molar-refractivity contribution in [2.45, 2.75) is 5.16 Å². The number of hydrogen-bond acceptors (Lipinski definition) is 8. The van der Waals surface area contributed by atoms with Gasteiger partial charge in [0.2, 0.25) is 0 Å². The Bertz CT molecular complexity index is 1340. The molecule has 3 rings (SSSR count). The fraction of sp³-hybridized carbons (Fsp3) is 0.125. The van der Waals surface area contributed by atoms with E-state index in [1.165, 1.54) is 50.5 Å². The molecule has 2 aromatic carbocycles. The van der Waals surface area contributed by atoms with Crippen LogP contribution in [0.25, 0.3) is 0 Å². The number of ether oxygens (including phenoxy) is 1. The molecule has 0 aliphatic rings. The fourth-order valence-electron chi connectivity index (χ4n) is 2.09. The number of rotatable bonds is 7. The summed E-state index contributed by atoms with van der Waals surface area (Å²) in [4.78, 5) is 3.52. The van der Waals surface area contributed by atoms with Gasteiger partial charge in [0.1, 0.15) is 12.1 Å². The van der Waals surface area contributed by atoms with Crippen LogP contribution in [-0.4, -0.2) is 49.4 Å². The Kier molecular flexibility index (Phi) is 6.69. The van der Waals surface area contributed by atoms with Gasteiger partial charge >= 0.3 is 25.5 Å². The molecule has 15 heteroatoms. The summed E-state index contributed by atoms with van der Waals surface area (Å²) in [6.07, 6.45) is 0.734. The minimum absolute atomic E-state index is 0.0827. The van der Waals surface area contributed by atoms with E-state index < -0.39 is 25.5 Å².